The fraction of sp³-hybridized carbons (Fsp3) is 0.235. The van der Waals surface area contributed by atoms with E-state index in [1.54, 1.807) is 29.2 Å². The standard InChI is InChI=1S/C17H19FN6S/c1-2-24-16(7-8-20-24)10-19-17(25)22-15-9-21-23(12-15)11-13-3-5-14(18)6-4-13/h3-9,12H,2,10-11H2,1H3,(H2,19,22,25). The third-order valence-corrected chi connectivity index (χ3v) is 3.93. The van der Waals surface area contributed by atoms with E-state index in [1.165, 1.54) is 12.1 Å². The maximum Gasteiger partial charge on any atom is 0.171 e. The number of anilines is 1. The van der Waals surface area contributed by atoms with Crippen LogP contribution in [-0.2, 0) is 19.6 Å². The monoisotopic (exact) mass is 358 g/mol. The number of nitrogens with zero attached hydrogens (tertiary/aromatic N) is 4. The van der Waals surface area contributed by atoms with Crippen molar-refractivity contribution < 1.29 is 4.39 Å². The molecule has 6 nitrogen and oxygen atoms in total. The number of nitrogens with one attached hydrogen (secondary N) is 2. The summed E-state index contributed by atoms with van der Waals surface area (Å²) in [6.07, 6.45) is 5.33. The summed E-state index contributed by atoms with van der Waals surface area (Å²) in [5.74, 6) is -0.243. The number of aryl methyl sites for hydroxylation is 1. The Morgan fingerprint density at radius 2 is 2.00 bits per heavy atom. The van der Waals surface area contributed by atoms with E-state index in [9.17, 15) is 4.39 Å². The maximum absolute atomic E-state index is 12.9. The van der Waals surface area contributed by atoms with E-state index in [0.717, 1.165) is 23.5 Å². The molecule has 2 N–H and O–H groups in total. The Morgan fingerprint density at radius 1 is 1.20 bits per heavy atom. The molecule has 0 bridgehead atoms. The van der Waals surface area contributed by atoms with Crippen molar-refractivity contribution >= 4 is 23.0 Å². The minimum atomic E-state index is -0.243. The van der Waals surface area contributed by atoms with Crippen LogP contribution in [0.5, 0.6) is 0 Å². The first kappa shape index (κ1) is 17.1. The number of thiocarbonyl (C=S) groups is 1. The van der Waals surface area contributed by atoms with E-state index < -0.39 is 0 Å². The van der Waals surface area contributed by atoms with Gasteiger partial charge in [-0.1, -0.05) is 12.1 Å². The van der Waals surface area contributed by atoms with Crippen LogP contribution in [0, 0.1) is 5.82 Å². The van der Waals surface area contributed by atoms with Crippen LogP contribution >= 0.6 is 12.2 Å². The Hall–Kier alpha value is -2.74. The van der Waals surface area contributed by atoms with Gasteiger partial charge in [0, 0.05) is 18.9 Å². The summed E-state index contributed by atoms with van der Waals surface area (Å²) in [7, 11) is 0. The van der Waals surface area contributed by atoms with E-state index in [0.29, 0.717) is 18.2 Å². The number of rotatable bonds is 6. The molecule has 0 aliphatic rings. The lowest BCUT2D eigenvalue weighted by Gasteiger charge is -2.10. The van der Waals surface area contributed by atoms with Gasteiger partial charge in [0.15, 0.2) is 5.11 Å². The zero-order valence-electron chi connectivity index (χ0n) is 13.8. The minimum absolute atomic E-state index is 0.243. The molecule has 0 fully saturated rings. The molecular formula is C17H19FN6S. The van der Waals surface area contributed by atoms with Crippen molar-refractivity contribution in [3.63, 3.8) is 0 Å². The molecule has 0 amide bonds. The molecule has 130 valence electrons. The molecule has 1 aromatic carbocycles. The van der Waals surface area contributed by atoms with Crippen LogP contribution in [0.4, 0.5) is 10.1 Å². The van der Waals surface area contributed by atoms with Crippen LogP contribution in [-0.4, -0.2) is 24.7 Å². The fourth-order valence-corrected chi connectivity index (χ4v) is 2.62. The SMILES string of the molecule is CCn1nccc1CNC(=S)Nc1cnn(Cc2ccc(F)cc2)c1. The lowest BCUT2D eigenvalue weighted by molar-refractivity contribution is 0.614. The molecule has 25 heavy (non-hydrogen) atoms. The van der Waals surface area contributed by atoms with Gasteiger partial charge >= 0.3 is 0 Å². The summed E-state index contributed by atoms with van der Waals surface area (Å²) in [5.41, 5.74) is 2.84. The van der Waals surface area contributed by atoms with Gasteiger partial charge in [0.05, 0.1) is 30.7 Å². The largest absolute Gasteiger partial charge is 0.357 e. The molecule has 0 aliphatic heterocycles. The zero-order valence-corrected chi connectivity index (χ0v) is 14.6. The fourth-order valence-electron chi connectivity index (χ4n) is 2.43. The van der Waals surface area contributed by atoms with Crippen LogP contribution < -0.4 is 10.6 Å². The Bertz CT molecular complexity index is 839. The van der Waals surface area contributed by atoms with Gasteiger partial charge in [-0.2, -0.15) is 10.2 Å². The summed E-state index contributed by atoms with van der Waals surface area (Å²) in [6, 6.07) is 8.33. The first-order valence-electron chi connectivity index (χ1n) is 7.96. The van der Waals surface area contributed by atoms with Gasteiger partial charge in [-0.3, -0.25) is 9.36 Å². The number of aromatic nitrogens is 4. The maximum atomic E-state index is 12.9. The highest BCUT2D eigenvalue weighted by atomic mass is 32.1. The number of hydrogen-bond donors (Lipinski definition) is 2. The Morgan fingerprint density at radius 3 is 2.76 bits per heavy atom. The molecule has 0 atom stereocenters. The second-order valence-electron chi connectivity index (χ2n) is 5.50. The molecule has 2 heterocycles. The van der Waals surface area contributed by atoms with Gasteiger partial charge in [-0.15, -0.1) is 0 Å². The van der Waals surface area contributed by atoms with Crippen LogP contribution in [0.3, 0.4) is 0 Å². The molecule has 2 aromatic heterocycles. The second-order valence-corrected chi connectivity index (χ2v) is 5.91. The van der Waals surface area contributed by atoms with Crippen LogP contribution in [0.25, 0.3) is 0 Å². The smallest absolute Gasteiger partial charge is 0.171 e. The molecule has 3 aromatic rings. The van der Waals surface area contributed by atoms with Gasteiger partial charge in [0.1, 0.15) is 5.82 Å². The molecular weight excluding hydrogens is 339 g/mol. The van der Waals surface area contributed by atoms with Crippen molar-refractivity contribution in [2.75, 3.05) is 5.32 Å². The van der Waals surface area contributed by atoms with Gasteiger partial charge in [0.25, 0.3) is 0 Å². The van der Waals surface area contributed by atoms with E-state index in [-0.39, 0.29) is 5.82 Å². The highest BCUT2D eigenvalue weighted by Crippen LogP contribution is 2.09. The molecule has 8 heteroatoms. The molecule has 0 aliphatic carbocycles. The van der Waals surface area contributed by atoms with E-state index in [4.69, 9.17) is 12.2 Å². The first-order chi connectivity index (χ1) is 12.1. The van der Waals surface area contributed by atoms with Crippen molar-refractivity contribution in [2.45, 2.75) is 26.6 Å². The molecule has 0 saturated heterocycles. The minimum Gasteiger partial charge on any atom is -0.357 e. The van der Waals surface area contributed by atoms with Crippen LogP contribution in [0.2, 0.25) is 0 Å². The zero-order chi connectivity index (χ0) is 17.6. The highest BCUT2D eigenvalue weighted by molar-refractivity contribution is 7.80. The summed E-state index contributed by atoms with van der Waals surface area (Å²) >= 11 is 5.31. The Kier molecular flexibility index (Phi) is 5.39. The van der Waals surface area contributed by atoms with Gasteiger partial charge < -0.3 is 10.6 Å². The molecule has 0 spiro atoms. The molecule has 3 rings (SSSR count). The lowest BCUT2D eigenvalue weighted by Crippen LogP contribution is -2.28. The molecule has 0 unspecified atom stereocenters. The van der Waals surface area contributed by atoms with Crippen molar-refractivity contribution in [3.8, 4) is 0 Å². The summed E-state index contributed by atoms with van der Waals surface area (Å²) in [5, 5.41) is 15.3. The van der Waals surface area contributed by atoms with E-state index in [1.807, 2.05) is 23.9 Å². The predicted octanol–water partition coefficient (Wildman–Crippen LogP) is 2.77. The van der Waals surface area contributed by atoms with E-state index in [2.05, 4.69) is 20.8 Å². The highest BCUT2D eigenvalue weighted by Gasteiger charge is 2.04. The normalized spacial score (nSPS) is 10.6. The number of benzene rings is 1. The summed E-state index contributed by atoms with van der Waals surface area (Å²) in [6.45, 7) is 4.03. The van der Waals surface area contributed by atoms with Crippen molar-refractivity contribution in [1.29, 1.82) is 0 Å². The van der Waals surface area contributed by atoms with E-state index >= 15 is 0 Å². The molecule has 0 saturated carbocycles. The molecule has 0 radical (unpaired) electrons. The number of halogens is 1. The van der Waals surface area contributed by atoms with Gasteiger partial charge in [-0.25, -0.2) is 4.39 Å². The van der Waals surface area contributed by atoms with Gasteiger partial charge in [-0.05, 0) is 42.9 Å². The van der Waals surface area contributed by atoms with Gasteiger partial charge in [0.2, 0.25) is 0 Å². The Balaban J connectivity index is 1.52. The van der Waals surface area contributed by atoms with Crippen LogP contribution in [0.15, 0.2) is 48.9 Å². The third kappa shape index (κ3) is 4.63. The predicted molar refractivity (Wildman–Crippen MR) is 98.7 cm³/mol. The average molecular weight is 358 g/mol. The van der Waals surface area contributed by atoms with Crippen molar-refractivity contribution in [3.05, 3.63) is 66.0 Å². The lowest BCUT2D eigenvalue weighted by atomic mass is 10.2. The quantitative estimate of drug-likeness (QED) is 0.664. The first-order valence-corrected chi connectivity index (χ1v) is 8.37. The number of hydrogen-bond acceptors (Lipinski definition) is 3. The van der Waals surface area contributed by atoms with Crippen LogP contribution in [0.1, 0.15) is 18.2 Å². The average Bonchev–Trinajstić information content (AvgIpc) is 3.24. The summed E-state index contributed by atoms with van der Waals surface area (Å²) < 4.78 is 16.6. The third-order valence-electron chi connectivity index (χ3n) is 3.68. The Labute approximate surface area is 150 Å². The topological polar surface area (TPSA) is 59.7 Å². The summed E-state index contributed by atoms with van der Waals surface area (Å²) in [4.78, 5) is 0. The second kappa shape index (κ2) is 7.89. The van der Waals surface area contributed by atoms with Crippen molar-refractivity contribution in [1.82, 2.24) is 24.9 Å². The van der Waals surface area contributed by atoms with Crippen molar-refractivity contribution in [2.24, 2.45) is 0 Å².